The zero-order chi connectivity index (χ0) is 20.7. The summed E-state index contributed by atoms with van der Waals surface area (Å²) in [6.07, 6.45) is -0.899. The smallest absolute Gasteiger partial charge is 0.328 e. The summed E-state index contributed by atoms with van der Waals surface area (Å²) >= 11 is 0. The molecule has 4 heterocycles. The molecule has 0 saturated carbocycles. The van der Waals surface area contributed by atoms with Crippen LogP contribution in [-0.4, -0.2) is 47.8 Å². The van der Waals surface area contributed by atoms with Crippen LogP contribution in [-0.2, 0) is 20.7 Å². The SMILES string of the molecule is Cc1noc2c(F)c3c(cc12)CC1(C(=O)NC(=O)NC1=O)[C@H]1[C@H](C)O[C@@H](C)CN31. The number of aromatic nitrogens is 1. The zero-order valence-electron chi connectivity index (χ0n) is 16.0. The maximum Gasteiger partial charge on any atom is 0.328 e. The second-order valence-corrected chi connectivity index (χ2v) is 7.98. The third-order valence-corrected chi connectivity index (χ3v) is 6.15. The van der Waals surface area contributed by atoms with E-state index >= 15 is 4.39 Å². The van der Waals surface area contributed by atoms with Gasteiger partial charge in [0.15, 0.2) is 11.2 Å². The predicted octanol–water partition coefficient (Wildman–Crippen LogP) is 1.17. The number of imide groups is 2. The Labute approximate surface area is 164 Å². The van der Waals surface area contributed by atoms with E-state index in [1.165, 1.54) is 0 Å². The summed E-state index contributed by atoms with van der Waals surface area (Å²) in [6.45, 7) is 5.55. The number of ether oxygens (including phenoxy) is 1. The summed E-state index contributed by atoms with van der Waals surface area (Å²) in [6, 6.07) is 0.0480. The Morgan fingerprint density at radius 2 is 1.93 bits per heavy atom. The molecule has 4 amide bonds. The molecule has 152 valence electrons. The van der Waals surface area contributed by atoms with Crippen molar-refractivity contribution in [1.82, 2.24) is 15.8 Å². The summed E-state index contributed by atoms with van der Waals surface area (Å²) < 4.78 is 26.6. The van der Waals surface area contributed by atoms with Gasteiger partial charge in [0, 0.05) is 18.4 Å². The van der Waals surface area contributed by atoms with Gasteiger partial charge in [0.2, 0.25) is 17.4 Å². The van der Waals surface area contributed by atoms with Crippen molar-refractivity contribution in [3.05, 3.63) is 23.1 Å². The summed E-state index contributed by atoms with van der Waals surface area (Å²) in [5, 5.41) is 8.74. The van der Waals surface area contributed by atoms with Crippen LogP contribution in [0.5, 0.6) is 0 Å². The second-order valence-electron chi connectivity index (χ2n) is 7.98. The third kappa shape index (κ3) is 2.23. The van der Waals surface area contributed by atoms with E-state index < -0.39 is 41.2 Å². The molecule has 0 aliphatic carbocycles. The lowest BCUT2D eigenvalue weighted by Crippen LogP contribution is -2.75. The minimum absolute atomic E-state index is 0.0375. The van der Waals surface area contributed by atoms with Crippen molar-refractivity contribution >= 4 is 34.5 Å². The molecule has 9 nitrogen and oxygen atoms in total. The normalized spacial score (nSPS) is 28.2. The van der Waals surface area contributed by atoms with Crippen LogP contribution in [0.3, 0.4) is 0 Å². The summed E-state index contributed by atoms with van der Waals surface area (Å²) in [5.41, 5.74) is -0.321. The van der Waals surface area contributed by atoms with Gasteiger partial charge in [0.25, 0.3) is 0 Å². The molecule has 29 heavy (non-hydrogen) atoms. The molecule has 2 fully saturated rings. The van der Waals surface area contributed by atoms with Crippen LogP contribution < -0.4 is 15.5 Å². The summed E-state index contributed by atoms with van der Waals surface area (Å²) in [7, 11) is 0. The maximum atomic E-state index is 15.5. The fourth-order valence-corrected chi connectivity index (χ4v) is 5.06. The number of aryl methyl sites for hydroxylation is 1. The standard InChI is InChI=1S/C19H19FN4O5/c1-7-6-24-13-10(4-11-8(2)23-29-14(11)12(13)20)5-19(15(24)9(3)28-7)16(25)21-18(27)22-17(19)26/h4,7,9,15H,5-6H2,1-3H3,(H2,21,22,25,26,27)/t7-,9-,15+/m0/s1. The highest BCUT2D eigenvalue weighted by atomic mass is 19.1. The number of hydrogen-bond acceptors (Lipinski definition) is 7. The Morgan fingerprint density at radius 1 is 1.24 bits per heavy atom. The van der Waals surface area contributed by atoms with Crippen molar-refractivity contribution in [2.24, 2.45) is 5.41 Å². The third-order valence-electron chi connectivity index (χ3n) is 6.15. The first-order chi connectivity index (χ1) is 13.7. The van der Waals surface area contributed by atoms with E-state index in [1.807, 2.05) is 6.92 Å². The van der Waals surface area contributed by atoms with Crippen LogP contribution in [0.2, 0.25) is 0 Å². The van der Waals surface area contributed by atoms with Crippen molar-refractivity contribution in [2.75, 3.05) is 11.4 Å². The van der Waals surface area contributed by atoms with Crippen LogP contribution in [0.25, 0.3) is 11.0 Å². The highest BCUT2D eigenvalue weighted by Gasteiger charge is 2.63. The summed E-state index contributed by atoms with van der Waals surface area (Å²) in [5.74, 6) is -1.99. The minimum atomic E-state index is -1.63. The molecule has 3 atom stereocenters. The first-order valence-electron chi connectivity index (χ1n) is 9.40. The van der Waals surface area contributed by atoms with Gasteiger partial charge in [0.1, 0.15) is 0 Å². The Kier molecular flexibility index (Phi) is 3.58. The van der Waals surface area contributed by atoms with E-state index in [0.29, 0.717) is 16.6 Å². The van der Waals surface area contributed by atoms with Gasteiger partial charge in [-0.15, -0.1) is 0 Å². The number of barbiturate groups is 1. The van der Waals surface area contributed by atoms with Gasteiger partial charge in [-0.2, -0.15) is 0 Å². The first kappa shape index (κ1) is 18.0. The molecular weight excluding hydrogens is 383 g/mol. The van der Waals surface area contributed by atoms with E-state index in [1.54, 1.807) is 24.8 Å². The number of carbonyl (C=O) groups excluding carboxylic acids is 3. The van der Waals surface area contributed by atoms with Gasteiger partial charge >= 0.3 is 6.03 Å². The van der Waals surface area contributed by atoms with Gasteiger partial charge < -0.3 is 14.2 Å². The topological polar surface area (TPSA) is 114 Å². The second kappa shape index (κ2) is 5.76. The van der Waals surface area contributed by atoms with E-state index in [9.17, 15) is 14.4 Å². The molecule has 2 aromatic rings. The number of benzene rings is 1. The van der Waals surface area contributed by atoms with Crippen LogP contribution in [0, 0.1) is 18.2 Å². The number of nitrogens with one attached hydrogen (secondary N) is 2. The lowest BCUT2D eigenvalue weighted by atomic mass is 9.66. The number of morpholine rings is 1. The molecular formula is C19H19FN4O5. The van der Waals surface area contributed by atoms with Crippen molar-refractivity contribution in [3.8, 4) is 0 Å². The van der Waals surface area contributed by atoms with Gasteiger partial charge in [-0.3, -0.25) is 20.2 Å². The number of carbonyl (C=O) groups is 3. The molecule has 1 aromatic heterocycles. The van der Waals surface area contributed by atoms with Gasteiger partial charge in [-0.25, -0.2) is 9.18 Å². The first-order valence-corrected chi connectivity index (χ1v) is 9.40. The van der Waals surface area contributed by atoms with Crippen LogP contribution in [0.15, 0.2) is 10.6 Å². The molecule has 0 radical (unpaired) electrons. The Bertz CT molecular complexity index is 1080. The number of amides is 4. The number of anilines is 1. The highest BCUT2D eigenvalue weighted by Crippen LogP contribution is 2.49. The van der Waals surface area contributed by atoms with E-state index in [0.717, 1.165) is 0 Å². The average Bonchev–Trinajstić information content (AvgIpc) is 3.00. The Balaban J connectivity index is 1.79. The number of rotatable bonds is 0. The summed E-state index contributed by atoms with van der Waals surface area (Å²) in [4.78, 5) is 39.5. The van der Waals surface area contributed by atoms with Gasteiger partial charge in [-0.1, -0.05) is 5.16 Å². The Morgan fingerprint density at radius 3 is 2.62 bits per heavy atom. The van der Waals surface area contributed by atoms with Crippen molar-refractivity contribution < 1.29 is 28.0 Å². The number of hydrogen-bond donors (Lipinski definition) is 2. The average molecular weight is 402 g/mol. The number of fused-ring (bicyclic) bond motifs is 5. The monoisotopic (exact) mass is 402 g/mol. The molecule has 2 N–H and O–H groups in total. The maximum absolute atomic E-state index is 15.5. The van der Waals surface area contributed by atoms with Crippen LogP contribution in [0.1, 0.15) is 25.1 Å². The lowest BCUT2D eigenvalue weighted by molar-refractivity contribution is -0.153. The molecule has 3 aliphatic rings. The fourth-order valence-electron chi connectivity index (χ4n) is 5.06. The lowest BCUT2D eigenvalue weighted by Gasteiger charge is -2.55. The molecule has 1 spiro atoms. The molecule has 0 bridgehead atoms. The van der Waals surface area contributed by atoms with Crippen molar-refractivity contribution in [1.29, 1.82) is 0 Å². The largest absolute Gasteiger partial charge is 0.372 e. The van der Waals surface area contributed by atoms with E-state index in [-0.39, 0.29) is 30.3 Å². The van der Waals surface area contributed by atoms with Crippen LogP contribution in [0.4, 0.5) is 14.9 Å². The quantitative estimate of drug-likeness (QED) is 0.636. The minimum Gasteiger partial charge on any atom is -0.372 e. The molecule has 1 aromatic carbocycles. The fraction of sp³-hybridized carbons (Fsp3) is 0.474. The number of nitrogens with zero attached hydrogens (tertiary/aromatic N) is 2. The predicted molar refractivity (Wildman–Crippen MR) is 97.7 cm³/mol. The number of halogens is 1. The van der Waals surface area contributed by atoms with E-state index in [2.05, 4.69) is 15.8 Å². The van der Waals surface area contributed by atoms with Gasteiger partial charge in [-0.05, 0) is 32.4 Å². The Hall–Kier alpha value is -3.01. The zero-order valence-corrected chi connectivity index (χ0v) is 16.0. The molecule has 3 aliphatic heterocycles. The molecule has 10 heteroatoms. The van der Waals surface area contributed by atoms with Crippen molar-refractivity contribution in [2.45, 2.75) is 45.4 Å². The highest BCUT2D eigenvalue weighted by molar-refractivity contribution is 6.20. The number of urea groups is 1. The van der Waals surface area contributed by atoms with Crippen molar-refractivity contribution in [3.63, 3.8) is 0 Å². The van der Waals surface area contributed by atoms with E-state index in [4.69, 9.17) is 9.26 Å². The van der Waals surface area contributed by atoms with Crippen LogP contribution >= 0.6 is 0 Å². The molecule has 0 unspecified atom stereocenters. The molecule has 5 rings (SSSR count). The van der Waals surface area contributed by atoms with Gasteiger partial charge in [0.05, 0.1) is 29.6 Å². The molecule has 2 saturated heterocycles.